The monoisotopic (exact) mass is 498 g/mol. The van der Waals surface area contributed by atoms with Crippen molar-refractivity contribution < 1.29 is 13.2 Å². The molecule has 4 aromatic carbocycles. The zero-order valence-electron chi connectivity index (χ0n) is 20.9. The van der Waals surface area contributed by atoms with Crippen molar-refractivity contribution in [2.45, 2.75) is 38.6 Å². The molecule has 2 N–H and O–H groups in total. The maximum absolute atomic E-state index is 13.4. The first-order valence-corrected chi connectivity index (χ1v) is 13.3. The van der Waals surface area contributed by atoms with Gasteiger partial charge in [-0.1, -0.05) is 66.7 Å². The van der Waals surface area contributed by atoms with Gasteiger partial charge < -0.3 is 5.32 Å². The zero-order chi connectivity index (χ0) is 25.9. The average Bonchev–Trinajstić information content (AvgIpc) is 2.82. The molecule has 1 amide bonds. The maximum Gasteiger partial charge on any atom is 0.262 e. The Morgan fingerprint density at radius 1 is 0.722 bits per heavy atom. The van der Waals surface area contributed by atoms with E-state index >= 15 is 0 Å². The lowest BCUT2D eigenvalue weighted by Crippen LogP contribution is -2.30. The van der Waals surface area contributed by atoms with Crippen molar-refractivity contribution in [3.8, 4) is 0 Å². The van der Waals surface area contributed by atoms with Crippen LogP contribution >= 0.6 is 0 Å². The normalized spacial score (nSPS) is 12.1. The van der Waals surface area contributed by atoms with Crippen molar-refractivity contribution in [3.63, 3.8) is 0 Å². The van der Waals surface area contributed by atoms with Crippen LogP contribution in [-0.2, 0) is 10.0 Å². The van der Waals surface area contributed by atoms with Crippen LogP contribution in [0.1, 0.15) is 49.8 Å². The highest BCUT2D eigenvalue weighted by atomic mass is 32.2. The topological polar surface area (TPSA) is 75.3 Å². The standard InChI is InChI=1S/C30H30N2O3S/c1-20-16-21(2)18-26(17-20)32-36(34,35)28-19-25(15-14-23(28)4)30(33)31-29(24-11-6-5-7-12-24)27-13-9-8-10-22(27)3/h5-19,29,32H,1-4H3,(H,31,33). The highest BCUT2D eigenvalue weighted by Crippen LogP contribution is 2.27. The number of anilines is 1. The molecule has 184 valence electrons. The Morgan fingerprint density at radius 3 is 2.03 bits per heavy atom. The molecule has 0 heterocycles. The first-order chi connectivity index (χ1) is 17.1. The summed E-state index contributed by atoms with van der Waals surface area (Å²) in [5.74, 6) is -0.352. The number of nitrogens with one attached hydrogen (secondary N) is 2. The van der Waals surface area contributed by atoms with Gasteiger partial charge in [0, 0.05) is 11.3 Å². The van der Waals surface area contributed by atoms with E-state index in [2.05, 4.69) is 10.0 Å². The predicted octanol–water partition coefficient (Wildman–Crippen LogP) is 6.24. The molecule has 6 heteroatoms. The number of sulfonamides is 1. The summed E-state index contributed by atoms with van der Waals surface area (Å²) in [5.41, 5.74) is 6.21. The third kappa shape index (κ3) is 5.66. The summed E-state index contributed by atoms with van der Waals surface area (Å²) >= 11 is 0. The van der Waals surface area contributed by atoms with Gasteiger partial charge in [-0.2, -0.15) is 0 Å². The summed E-state index contributed by atoms with van der Waals surface area (Å²) in [4.78, 5) is 13.5. The summed E-state index contributed by atoms with van der Waals surface area (Å²) in [6.07, 6.45) is 0. The highest BCUT2D eigenvalue weighted by molar-refractivity contribution is 7.92. The van der Waals surface area contributed by atoms with Crippen molar-refractivity contribution in [1.82, 2.24) is 5.32 Å². The SMILES string of the molecule is Cc1cc(C)cc(NS(=O)(=O)c2cc(C(=O)NC(c3ccccc3)c3ccccc3C)ccc2C)c1. The second-order valence-electron chi connectivity index (χ2n) is 9.14. The second-order valence-corrected chi connectivity index (χ2v) is 10.8. The number of hydrogen-bond acceptors (Lipinski definition) is 3. The van der Waals surface area contributed by atoms with E-state index in [0.29, 0.717) is 11.3 Å². The molecular weight excluding hydrogens is 468 g/mol. The predicted molar refractivity (Wildman–Crippen MR) is 145 cm³/mol. The van der Waals surface area contributed by atoms with Gasteiger partial charge in [-0.3, -0.25) is 9.52 Å². The van der Waals surface area contributed by atoms with Gasteiger partial charge in [0.25, 0.3) is 15.9 Å². The van der Waals surface area contributed by atoms with Crippen LogP contribution in [0.5, 0.6) is 0 Å². The number of amides is 1. The van der Waals surface area contributed by atoms with Gasteiger partial charge >= 0.3 is 0 Å². The van der Waals surface area contributed by atoms with Crippen LogP contribution in [0.25, 0.3) is 0 Å². The van der Waals surface area contributed by atoms with Gasteiger partial charge in [-0.15, -0.1) is 0 Å². The molecule has 1 unspecified atom stereocenters. The van der Waals surface area contributed by atoms with Gasteiger partial charge in [0.05, 0.1) is 10.9 Å². The largest absolute Gasteiger partial charge is 0.341 e. The molecule has 4 rings (SSSR count). The van der Waals surface area contributed by atoms with Crippen LogP contribution in [0, 0.1) is 27.7 Å². The molecule has 0 spiro atoms. The van der Waals surface area contributed by atoms with Crippen molar-refractivity contribution >= 4 is 21.6 Å². The van der Waals surface area contributed by atoms with E-state index in [0.717, 1.165) is 27.8 Å². The summed E-state index contributed by atoms with van der Waals surface area (Å²) < 4.78 is 29.2. The van der Waals surface area contributed by atoms with Crippen LogP contribution < -0.4 is 10.0 Å². The van der Waals surface area contributed by atoms with Gasteiger partial charge in [0.1, 0.15) is 0 Å². The average molecular weight is 499 g/mol. The van der Waals surface area contributed by atoms with Crippen LogP contribution in [0.3, 0.4) is 0 Å². The number of benzene rings is 4. The molecule has 1 atom stereocenters. The molecule has 0 bridgehead atoms. The van der Waals surface area contributed by atoms with Gasteiger partial charge in [-0.05, 0) is 85.3 Å². The number of carbonyl (C=O) groups is 1. The van der Waals surface area contributed by atoms with Crippen molar-refractivity contribution in [2.75, 3.05) is 4.72 Å². The molecule has 0 aliphatic carbocycles. The Balaban J connectivity index is 1.67. The van der Waals surface area contributed by atoms with Crippen molar-refractivity contribution in [2.24, 2.45) is 0 Å². The molecule has 36 heavy (non-hydrogen) atoms. The van der Waals surface area contributed by atoms with Crippen LogP contribution in [0.15, 0.2) is 95.9 Å². The molecule has 0 aliphatic rings. The molecule has 0 saturated carbocycles. The third-order valence-corrected chi connectivity index (χ3v) is 7.64. The van der Waals surface area contributed by atoms with E-state index in [4.69, 9.17) is 0 Å². The molecule has 0 fully saturated rings. The quantitative estimate of drug-likeness (QED) is 0.317. The fourth-order valence-corrected chi connectivity index (χ4v) is 5.70. The Bertz CT molecular complexity index is 1490. The fourth-order valence-electron chi connectivity index (χ4n) is 4.39. The van der Waals surface area contributed by atoms with Crippen LogP contribution in [-0.4, -0.2) is 14.3 Å². The van der Waals surface area contributed by atoms with E-state index in [1.165, 1.54) is 6.07 Å². The van der Waals surface area contributed by atoms with E-state index in [1.807, 2.05) is 81.4 Å². The Labute approximate surface area is 213 Å². The lowest BCUT2D eigenvalue weighted by molar-refractivity contribution is 0.0942. The van der Waals surface area contributed by atoms with E-state index in [-0.39, 0.29) is 22.4 Å². The van der Waals surface area contributed by atoms with Crippen molar-refractivity contribution in [3.05, 3.63) is 130 Å². The molecule has 0 aliphatic heterocycles. The summed E-state index contributed by atoms with van der Waals surface area (Å²) in [6, 6.07) is 27.6. The smallest absolute Gasteiger partial charge is 0.262 e. The molecule has 0 radical (unpaired) electrons. The van der Waals surface area contributed by atoms with Gasteiger partial charge in [-0.25, -0.2) is 8.42 Å². The summed E-state index contributed by atoms with van der Waals surface area (Å²) in [5, 5.41) is 3.12. The first kappa shape index (κ1) is 25.2. The molecule has 5 nitrogen and oxygen atoms in total. The lowest BCUT2D eigenvalue weighted by Gasteiger charge is -2.22. The van der Waals surface area contributed by atoms with Gasteiger partial charge in [0.2, 0.25) is 0 Å². The molecule has 0 saturated heterocycles. The number of aryl methyl sites for hydroxylation is 4. The Kier molecular flexibility index (Phi) is 7.27. The van der Waals surface area contributed by atoms with E-state index in [1.54, 1.807) is 31.2 Å². The number of hydrogen-bond donors (Lipinski definition) is 2. The van der Waals surface area contributed by atoms with Crippen molar-refractivity contribution in [1.29, 1.82) is 0 Å². The lowest BCUT2D eigenvalue weighted by atomic mass is 9.94. The van der Waals surface area contributed by atoms with Gasteiger partial charge in [0.15, 0.2) is 0 Å². The zero-order valence-corrected chi connectivity index (χ0v) is 21.7. The number of rotatable bonds is 7. The van der Waals surface area contributed by atoms with Crippen LogP contribution in [0.4, 0.5) is 5.69 Å². The second kappa shape index (κ2) is 10.4. The highest BCUT2D eigenvalue weighted by Gasteiger charge is 2.23. The Morgan fingerprint density at radius 2 is 1.36 bits per heavy atom. The third-order valence-electron chi connectivity index (χ3n) is 6.12. The summed E-state index contributed by atoms with van der Waals surface area (Å²) in [7, 11) is -3.90. The molecule has 0 aromatic heterocycles. The van der Waals surface area contributed by atoms with E-state index in [9.17, 15) is 13.2 Å². The number of carbonyl (C=O) groups excluding carboxylic acids is 1. The fraction of sp³-hybridized carbons (Fsp3) is 0.167. The molecule has 4 aromatic rings. The first-order valence-electron chi connectivity index (χ1n) is 11.8. The maximum atomic E-state index is 13.4. The molecular formula is C30H30N2O3S. The minimum atomic E-state index is -3.90. The minimum absolute atomic E-state index is 0.0708. The minimum Gasteiger partial charge on any atom is -0.341 e. The summed E-state index contributed by atoms with van der Waals surface area (Å²) in [6.45, 7) is 7.56. The van der Waals surface area contributed by atoms with E-state index < -0.39 is 10.0 Å². The Hall–Kier alpha value is -3.90. The van der Waals surface area contributed by atoms with Crippen LogP contribution in [0.2, 0.25) is 0 Å².